The Labute approximate surface area is 113 Å². The summed E-state index contributed by atoms with van der Waals surface area (Å²) in [4.78, 5) is 0. The number of hydrogen-bond donors (Lipinski definition) is 2. The Kier molecular flexibility index (Phi) is 4.55. The minimum atomic E-state index is 0.0349. The van der Waals surface area contributed by atoms with Crippen molar-refractivity contribution in [2.75, 3.05) is 6.61 Å². The third-order valence-corrected chi connectivity index (χ3v) is 3.07. The predicted molar refractivity (Wildman–Crippen MR) is 74.4 cm³/mol. The monoisotopic (exact) mass is 258 g/mol. The molecule has 0 aliphatic heterocycles. The van der Waals surface area contributed by atoms with E-state index in [1.807, 2.05) is 49.4 Å². The molecule has 0 fully saturated rings. The molecule has 100 valence electrons. The molecule has 0 amide bonds. The Balaban J connectivity index is 2.23. The number of hydrogen-bond acceptors (Lipinski definition) is 3. The Morgan fingerprint density at radius 2 is 1.79 bits per heavy atom. The zero-order chi connectivity index (χ0) is 13.7. The lowest BCUT2D eigenvalue weighted by Crippen LogP contribution is -1.96. The van der Waals surface area contributed by atoms with Crippen molar-refractivity contribution in [1.29, 1.82) is 0 Å². The van der Waals surface area contributed by atoms with Crippen LogP contribution in [0, 0.1) is 6.92 Å². The molecule has 0 bridgehead atoms. The van der Waals surface area contributed by atoms with Crippen LogP contribution in [0.5, 0.6) is 11.5 Å². The zero-order valence-corrected chi connectivity index (χ0v) is 11.0. The number of aliphatic hydroxyl groups is 2. The molecule has 0 aromatic heterocycles. The van der Waals surface area contributed by atoms with Crippen molar-refractivity contribution in [1.82, 2.24) is 0 Å². The molecule has 0 heterocycles. The van der Waals surface area contributed by atoms with Gasteiger partial charge in [-0.3, -0.25) is 0 Å². The van der Waals surface area contributed by atoms with E-state index in [2.05, 4.69) is 0 Å². The summed E-state index contributed by atoms with van der Waals surface area (Å²) in [6.45, 7) is 2.08. The fourth-order valence-corrected chi connectivity index (χ4v) is 1.97. The Morgan fingerprint density at radius 3 is 2.47 bits per heavy atom. The van der Waals surface area contributed by atoms with E-state index in [-0.39, 0.29) is 13.2 Å². The first-order valence-electron chi connectivity index (χ1n) is 6.31. The molecule has 2 N–H and O–H groups in total. The van der Waals surface area contributed by atoms with Gasteiger partial charge in [0.2, 0.25) is 0 Å². The zero-order valence-electron chi connectivity index (χ0n) is 11.0. The molecule has 3 heteroatoms. The molecule has 0 spiro atoms. The van der Waals surface area contributed by atoms with E-state index in [0.29, 0.717) is 6.42 Å². The maximum atomic E-state index is 9.14. The second-order valence-corrected chi connectivity index (χ2v) is 4.43. The van der Waals surface area contributed by atoms with Gasteiger partial charge in [0.15, 0.2) is 0 Å². The quantitative estimate of drug-likeness (QED) is 0.867. The molecule has 0 radical (unpaired) electrons. The smallest absolute Gasteiger partial charge is 0.130 e. The Bertz CT molecular complexity index is 549. The van der Waals surface area contributed by atoms with Gasteiger partial charge in [0.25, 0.3) is 0 Å². The molecule has 3 nitrogen and oxygen atoms in total. The average Bonchev–Trinajstić information content (AvgIpc) is 2.41. The summed E-state index contributed by atoms with van der Waals surface area (Å²) in [5.41, 5.74) is 2.88. The lowest BCUT2D eigenvalue weighted by atomic mass is 10.1. The summed E-state index contributed by atoms with van der Waals surface area (Å²) in [5, 5.41) is 18.2. The van der Waals surface area contributed by atoms with Gasteiger partial charge in [-0.1, -0.05) is 24.3 Å². The van der Waals surface area contributed by atoms with E-state index >= 15 is 0 Å². The first-order valence-corrected chi connectivity index (χ1v) is 6.31. The Hall–Kier alpha value is -1.84. The summed E-state index contributed by atoms with van der Waals surface area (Å²) in [7, 11) is 0. The van der Waals surface area contributed by atoms with Gasteiger partial charge in [-0.2, -0.15) is 0 Å². The highest BCUT2D eigenvalue weighted by atomic mass is 16.5. The van der Waals surface area contributed by atoms with Crippen LogP contribution < -0.4 is 4.74 Å². The summed E-state index contributed by atoms with van der Waals surface area (Å²) in [5.74, 6) is 1.49. The highest BCUT2D eigenvalue weighted by Crippen LogP contribution is 2.27. The van der Waals surface area contributed by atoms with Crippen LogP contribution in [0.15, 0.2) is 42.5 Å². The van der Waals surface area contributed by atoms with Crippen LogP contribution in [0.25, 0.3) is 0 Å². The largest absolute Gasteiger partial charge is 0.457 e. The lowest BCUT2D eigenvalue weighted by Gasteiger charge is -2.12. The van der Waals surface area contributed by atoms with Crippen molar-refractivity contribution >= 4 is 0 Å². The highest BCUT2D eigenvalue weighted by Gasteiger charge is 2.05. The second kappa shape index (κ2) is 6.36. The highest BCUT2D eigenvalue weighted by molar-refractivity contribution is 5.40. The van der Waals surface area contributed by atoms with Crippen molar-refractivity contribution in [3.8, 4) is 11.5 Å². The molecule has 0 saturated carbocycles. The van der Waals surface area contributed by atoms with Crippen molar-refractivity contribution in [3.63, 3.8) is 0 Å². The number of ether oxygens (including phenoxy) is 1. The Morgan fingerprint density at radius 1 is 1.00 bits per heavy atom. The third kappa shape index (κ3) is 3.34. The fraction of sp³-hybridized carbons (Fsp3) is 0.250. The van der Waals surface area contributed by atoms with Crippen LogP contribution >= 0.6 is 0 Å². The van der Waals surface area contributed by atoms with Crippen molar-refractivity contribution in [2.45, 2.75) is 20.0 Å². The maximum Gasteiger partial charge on any atom is 0.130 e. The standard InChI is InChI=1S/C16H18O3/c1-12-10-15(7-6-14(12)11-18)19-16-5-3-2-4-13(16)8-9-17/h2-7,10,17-18H,8-9,11H2,1H3. The van der Waals surface area contributed by atoms with Gasteiger partial charge in [0.05, 0.1) is 6.61 Å². The molecule has 0 unspecified atom stereocenters. The van der Waals surface area contributed by atoms with Gasteiger partial charge in [0.1, 0.15) is 11.5 Å². The molecule has 2 aromatic carbocycles. The first kappa shape index (κ1) is 13.6. The van der Waals surface area contributed by atoms with Crippen LogP contribution in [-0.2, 0) is 13.0 Å². The third-order valence-electron chi connectivity index (χ3n) is 3.07. The van der Waals surface area contributed by atoms with Crippen LogP contribution in [0.2, 0.25) is 0 Å². The maximum absolute atomic E-state index is 9.14. The van der Waals surface area contributed by atoms with E-state index in [9.17, 15) is 0 Å². The molecule has 0 aliphatic rings. The SMILES string of the molecule is Cc1cc(Oc2ccccc2CCO)ccc1CO. The summed E-state index contributed by atoms with van der Waals surface area (Å²) < 4.78 is 5.85. The van der Waals surface area contributed by atoms with E-state index < -0.39 is 0 Å². The molecule has 0 atom stereocenters. The number of para-hydroxylation sites is 1. The molecule has 2 rings (SSSR count). The van der Waals surface area contributed by atoms with Crippen LogP contribution in [-0.4, -0.2) is 16.8 Å². The summed E-state index contributed by atoms with van der Waals surface area (Å²) >= 11 is 0. The van der Waals surface area contributed by atoms with E-state index in [1.165, 1.54) is 0 Å². The van der Waals surface area contributed by atoms with Gasteiger partial charge in [-0.05, 0) is 48.2 Å². The molecule has 0 saturated heterocycles. The van der Waals surface area contributed by atoms with E-state index in [4.69, 9.17) is 14.9 Å². The topological polar surface area (TPSA) is 49.7 Å². The predicted octanol–water partition coefficient (Wildman–Crippen LogP) is 2.81. The van der Waals surface area contributed by atoms with Gasteiger partial charge in [-0.15, -0.1) is 0 Å². The number of rotatable bonds is 5. The van der Waals surface area contributed by atoms with Crippen molar-refractivity contribution in [2.24, 2.45) is 0 Å². The van der Waals surface area contributed by atoms with Gasteiger partial charge in [-0.25, -0.2) is 0 Å². The fourth-order valence-electron chi connectivity index (χ4n) is 1.97. The summed E-state index contributed by atoms with van der Waals surface area (Å²) in [6.07, 6.45) is 0.573. The minimum Gasteiger partial charge on any atom is -0.457 e. The number of aliphatic hydroxyl groups excluding tert-OH is 2. The normalized spacial score (nSPS) is 10.5. The first-order chi connectivity index (χ1) is 9.24. The van der Waals surface area contributed by atoms with Crippen LogP contribution in [0.4, 0.5) is 0 Å². The lowest BCUT2D eigenvalue weighted by molar-refractivity contribution is 0.281. The number of aryl methyl sites for hydroxylation is 1. The second-order valence-electron chi connectivity index (χ2n) is 4.43. The summed E-state index contributed by atoms with van der Waals surface area (Å²) in [6, 6.07) is 13.3. The number of benzene rings is 2. The molecular weight excluding hydrogens is 240 g/mol. The minimum absolute atomic E-state index is 0.0349. The average molecular weight is 258 g/mol. The van der Waals surface area contributed by atoms with Crippen LogP contribution in [0.3, 0.4) is 0 Å². The molecule has 2 aromatic rings. The molecule has 19 heavy (non-hydrogen) atoms. The van der Waals surface area contributed by atoms with Crippen molar-refractivity contribution < 1.29 is 14.9 Å². The van der Waals surface area contributed by atoms with E-state index in [1.54, 1.807) is 0 Å². The molecular formula is C16H18O3. The van der Waals surface area contributed by atoms with Crippen molar-refractivity contribution in [3.05, 3.63) is 59.2 Å². The van der Waals surface area contributed by atoms with Gasteiger partial charge >= 0.3 is 0 Å². The van der Waals surface area contributed by atoms with Gasteiger partial charge < -0.3 is 14.9 Å². The molecule has 0 aliphatic carbocycles. The van der Waals surface area contributed by atoms with Crippen LogP contribution in [0.1, 0.15) is 16.7 Å². The van der Waals surface area contributed by atoms with Gasteiger partial charge in [0, 0.05) is 6.61 Å². The van der Waals surface area contributed by atoms with E-state index in [0.717, 1.165) is 28.2 Å².